The van der Waals surface area contributed by atoms with E-state index in [1.54, 1.807) is 6.07 Å². The van der Waals surface area contributed by atoms with Crippen molar-refractivity contribution in [1.29, 1.82) is 0 Å². The molecule has 0 radical (unpaired) electrons. The van der Waals surface area contributed by atoms with Gasteiger partial charge in [-0.25, -0.2) is 0 Å². The van der Waals surface area contributed by atoms with Crippen LogP contribution in [0.15, 0.2) is 10.6 Å². The smallest absolute Gasteiger partial charge is 0.254 e. The second-order valence-corrected chi connectivity index (χ2v) is 2.06. The number of hydrogen-bond donors (Lipinski definition) is 2. The highest BCUT2D eigenvalue weighted by molar-refractivity contribution is 5.13. The first-order valence-electron chi connectivity index (χ1n) is 3.15. The molecule has 1 heterocycles. The average Bonchev–Trinajstić information content (AvgIpc) is 2.50. The maximum Gasteiger partial charge on any atom is 0.254 e. The largest absolute Gasteiger partial charge is 0.479 e. The first-order valence-corrected chi connectivity index (χ1v) is 3.15. The Balaban J connectivity index is 2.71. The molecule has 5 nitrogen and oxygen atoms in total. The lowest BCUT2D eigenvalue weighted by Gasteiger charge is -1.99. The van der Waals surface area contributed by atoms with E-state index in [1.807, 2.05) is 0 Å². The SMILES string of the molecule is COc1cc([C@H](N)CO)on1. The molecule has 0 amide bonds. The molecule has 0 saturated carbocycles. The zero-order valence-corrected chi connectivity index (χ0v) is 6.15. The maximum atomic E-state index is 8.62. The van der Waals surface area contributed by atoms with Crippen LogP contribution in [0, 0.1) is 0 Å². The second kappa shape index (κ2) is 3.36. The van der Waals surface area contributed by atoms with Gasteiger partial charge in [0.2, 0.25) is 0 Å². The van der Waals surface area contributed by atoms with E-state index >= 15 is 0 Å². The van der Waals surface area contributed by atoms with Gasteiger partial charge in [-0.3, -0.25) is 0 Å². The molecule has 3 N–H and O–H groups in total. The highest BCUT2D eigenvalue weighted by atomic mass is 16.5. The zero-order chi connectivity index (χ0) is 8.27. The Morgan fingerprint density at radius 1 is 1.91 bits per heavy atom. The number of methoxy groups -OCH3 is 1. The Bertz CT molecular complexity index is 223. The zero-order valence-electron chi connectivity index (χ0n) is 6.15. The van der Waals surface area contributed by atoms with E-state index in [4.69, 9.17) is 20.1 Å². The fraction of sp³-hybridized carbons (Fsp3) is 0.500. The van der Waals surface area contributed by atoms with E-state index in [-0.39, 0.29) is 6.61 Å². The van der Waals surface area contributed by atoms with E-state index in [0.717, 1.165) is 0 Å². The molecule has 1 aromatic heterocycles. The van der Waals surface area contributed by atoms with Gasteiger partial charge in [-0.15, -0.1) is 0 Å². The van der Waals surface area contributed by atoms with Gasteiger partial charge >= 0.3 is 0 Å². The second-order valence-electron chi connectivity index (χ2n) is 2.06. The maximum absolute atomic E-state index is 8.62. The fourth-order valence-electron chi connectivity index (χ4n) is 0.633. The minimum Gasteiger partial charge on any atom is -0.479 e. The Labute approximate surface area is 63.7 Å². The summed E-state index contributed by atoms with van der Waals surface area (Å²) in [6.45, 7) is -0.168. The van der Waals surface area contributed by atoms with Crippen LogP contribution in [0.4, 0.5) is 0 Å². The lowest BCUT2D eigenvalue weighted by Crippen LogP contribution is -2.13. The molecule has 62 valence electrons. The number of aliphatic hydroxyl groups is 1. The first-order chi connectivity index (χ1) is 5.27. The third kappa shape index (κ3) is 1.69. The van der Waals surface area contributed by atoms with Gasteiger partial charge in [0.25, 0.3) is 5.88 Å². The van der Waals surface area contributed by atoms with Crippen LogP contribution in [-0.2, 0) is 0 Å². The van der Waals surface area contributed by atoms with Crippen molar-refractivity contribution in [3.8, 4) is 5.88 Å². The van der Waals surface area contributed by atoms with Crippen LogP contribution >= 0.6 is 0 Å². The summed E-state index contributed by atoms with van der Waals surface area (Å²) in [4.78, 5) is 0. The van der Waals surface area contributed by atoms with Crippen LogP contribution in [0.3, 0.4) is 0 Å². The summed E-state index contributed by atoms with van der Waals surface area (Å²) < 4.78 is 9.50. The predicted octanol–water partition coefficient (Wildman–Crippen LogP) is -0.325. The molecule has 0 bridgehead atoms. The van der Waals surface area contributed by atoms with Crippen molar-refractivity contribution in [3.05, 3.63) is 11.8 Å². The number of aliphatic hydroxyl groups excluding tert-OH is 1. The summed E-state index contributed by atoms with van der Waals surface area (Å²) in [5.74, 6) is 0.785. The van der Waals surface area contributed by atoms with Gasteiger partial charge in [-0.1, -0.05) is 0 Å². The van der Waals surface area contributed by atoms with E-state index in [9.17, 15) is 0 Å². The minimum absolute atomic E-state index is 0.168. The lowest BCUT2D eigenvalue weighted by atomic mass is 10.2. The molecule has 0 aliphatic rings. The Morgan fingerprint density at radius 2 is 2.64 bits per heavy atom. The van der Waals surface area contributed by atoms with Gasteiger partial charge in [0.15, 0.2) is 5.76 Å². The molecule has 0 aromatic carbocycles. The highest BCUT2D eigenvalue weighted by Crippen LogP contribution is 2.15. The number of rotatable bonds is 3. The van der Waals surface area contributed by atoms with E-state index in [0.29, 0.717) is 11.6 Å². The van der Waals surface area contributed by atoms with Crippen LogP contribution in [0.5, 0.6) is 5.88 Å². The summed E-state index contributed by atoms with van der Waals surface area (Å²) in [5.41, 5.74) is 5.42. The molecule has 1 aromatic rings. The van der Waals surface area contributed by atoms with Gasteiger partial charge < -0.3 is 20.1 Å². The number of nitrogens with zero attached hydrogens (tertiary/aromatic N) is 1. The molecule has 1 atom stereocenters. The number of nitrogens with two attached hydrogens (primary N) is 1. The van der Waals surface area contributed by atoms with Gasteiger partial charge in [-0.05, 0) is 5.16 Å². The molecule has 0 spiro atoms. The van der Waals surface area contributed by atoms with Gasteiger partial charge in [0.05, 0.1) is 19.8 Å². The standard InChI is InChI=1S/C6H10N2O3/c1-10-6-2-5(11-8-6)4(7)3-9/h2,4,9H,3,7H2,1H3/t4-/m1/s1. The van der Waals surface area contributed by atoms with Crippen LogP contribution in [0.2, 0.25) is 0 Å². The van der Waals surface area contributed by atoms with Gasteiger partial charge in [0.1, 0.15) is 0 Å². The quantitative estimate of drug-likeness (QED) is 0.629. The molecule has 5 heteroatoms. The van der Waals surface area contributed by atoms with Gasteiger partial charge in [0, 0.05) is 6.07 Å². The van der Waals surface area contributed by atoms with Crippen LogP contribution in [0.1, 0.15) is 11.8 Å². The van der Waals surface area contributed by atoms with E-state index in [2.05, 4.69) is 5.16 Å². The Morgan fingerprint density at radius 3 is 3.09 bits per heavy atom. The van der Waals surface area contributed by atoms with Crippen molar-refractivity contribution >= 4 is 0 Å². The molecule has 0 saturated heterocycles. The van der Waals surface area contributed by atoms with Crippen molar-refractivity contribution in [2.45, 2.75) is 6.04 Å². The normalized spacial score (nSPS) is 13.0. The fourth-order valence-corrected chi connectivity index (χ4v) is 0.633. The van der Waals surface area contributed by atoms with Gasteiger partial charge in [-0.2, -0.15) is 0 Å². The summed E-state index contributed by atoms with van der Waals surface area (Å²) in [6, 6.07) is 1.02. The Hall–Kier alpha value is -1.07. The third-order valence-electron chi connectivity index (χ3n) is 1.28. The summed E-state index contributed by atoms with van der Waals surface area (Å²) in [6.07, 6.45) is 0. The number of ether oxygens (including phenoxy) is 1. The predicted molar refractivity (Wildman–Crippen MR) is 37.1 cm³/mol. The van der Waals surface area contributed by atoms with Crippen LogP contribution in [-0.4, -0.2) is 24.0 Å². The van der Waals surface area contributed by atoms with Crippen molar-refractivity contribution in [2.24, 2.45) is 5.73 Å². The lowest BCUT2D eigenvalue weighted by molar-refractivity contribution is 0.238. The van der Waals surface area contributed by atoms with Crippen molar-refractivity contribution < 1.29 is 14.4 Å². The molecule has 0 aliphatic carbocycles. The molecule has 1 rings (SSSR count). The van der Waals surface area contributed by atoms with Crippen molar-refractivity contribution in [1.82, 2.24) is 5.16 Å². The molecule has 0 aliphatic heterocycles. The van der Waals surface area contributed by atoms with E-state index in [1.165, 1.54) is 7.11 Å². The number of aromatic nitrogens is 1. The molecule has 0 fully saturated rings. The van der Waals surface area contributed by atoms with Crippen LogP contribution in [0.25, 0.3) is 0 Å². The molecule has 0 unspecified atom stereocenters. The average molecular weight is 158 g/mol. The highest BCUT2D eigenvalue weighted by Gasteiger charge is 2.10. The number of hydrogen-bond acceptors (Lipinski definition) is 5. The minimum atomic E-state index is -0.522. The third-order valence-corrected chi connectivity index (χ3v) is 1.28. The summed E-state index contributed by atoms with van der Waals surface area (Å²) in [7, 11) is 1.48. The van der Waals surface area contributed by atoms with Crippen molar-refractivity contribution in [3.63, 3.8) is 0 Å². The first kappa shape index (κ1) is 8.03. The van der Waals surface area contributed by atoms with E-state index < -0.39 is 6.04 Å². The van der Waals surface area contributed by atoms with Crippen molar-refractivity contribution in [2.75, 3.05) is 13.7 Å². The monoisotopic (exact) mass is 158 g/mol. The molecular formula is C6H10N2O3. The topological polar surface area (TPSA) is 81.5 Å². The van der Waals surface area contributed by atoms with Crippen LogP contribution < -0.4 is 10.5 Å². The summed E-state index contributed by atoms with van der Waals surface area (Å²) in [5, 5.41) is 12.1. The Kier molecular flexibility index (Phi) is 2.45. The summed E-state index contributed by atoms with van der Waals surface area (Å²) >= 11 is 0. The molecular weight excluding hydrogens is 148 g/mol. The molecule has 11 heavy (non-hydrogen) atoms.